The zero-order valence-corrected chi connectivity index (χ0v) is 20.9. The van der Waals surface area contributed by atoms with E-state index in [2.05, 4.69) is 5.32 Å². The van der Waals surface area contributed by atoms with E-state index in [1.165, 1.54) is 19.0 Å². The summed E-state index contributed by atoms with van der Waals surface area (Å²) in [4.78, 5) is 27.6. The average molecular weight is 495 g/mol. The summed E-state index contributed by atoms with van der Waals surface area (Å²) in [6.07, 6.45) is 0.754. The summed E-state index contributed by atoms with van der Waals surface area (Å²) >= 11 is 6.10. The van der Waals surface area contributed by atoms with Crippen LogP contribution in [0.15, 0.2) is 54.6 Å². The third-order valence-corrected chi connectivity index (χ3v) is 7.08. The van der Waals surface area contributed by atoms with Gasteiger partial charge in [-0.25, -0.2) is 4.31 Å². The van der Waals surface area contributed by atoms with Crippen LogP contribution in [0.25, 0.3) is 0 Å². The Hall–Kier alpha value is -2.62. The van der Waals surface area contributed by atoms with E-state index in [0.29, 0.717) is 17.3 Å². The van der Waals surface area contributed by atoms with Crippen LogP contribution in [-0.2, 0) is 26.3 Å². The molecule has 0 aliphatic heterocycles. The highest BCUT2D eigenvalue weighted by atomic mass is 35.5. The minimum atomic E-state index is -3.96. The average Bonchev–Trinajstić information content (AvgIpc) is 2.79. The molecule has 0 aliphatic rings. The molecule has 0 heterocycles. The van der Waals surface area contributed by atoms with Crippen LogP contribution < -0.4 is 9.62 Å². The number of carbonyl (C=O) groups excluding carboxylic acids is 2. The summed E-state index contributed by atoms with van der Waals surface area (Å²) in [6, 6.07) is 14.6. The van der Waals surface area contributed by atoms with E-state index >= 15 is 0 Å². The molecule has 0 aliphatic carbocycles. The van der Waals surface area contributed by atoms with Gasteiger partial charge in [-0.2, -0.15) is 12.7 Å². The molecule has 0 saturated heterocycles. The van der Waals surface area contributed by atoms with Gasteiger partial charge in [0.25, 0.3) is 0 Å². The van der Waals surface area contributed by atoms with Crippen LogP contribution in [0.1, 0.15) is 25.8 Å². The van der Waals surface area contributed by atoms with Crippen molar-refractivity contribution >= 4 is 39.3 Å². The minimum absolute atomic E-state index is 0.102. The zero-order chi connectivity index (χ0) is 24.6. The summed E-state index contributed by atoms with van der Waals surface area (Å²) < 4.78 is 28.1. The maximum atomic E-state index is 13.5. The van der Waals surface area contributed by atoms with Gasteiger partial charge in [0.1, 0.15) is 12.6 Å². The predicted octanol–water partition coefficient (Wildman–Crippen LogP) is 2.90. The van der Waals surface area contributed by atoms with Gasteiger partial charge >= 0.3 is 10.2 Å². The molecule has 8 nitrogen and oxygen atoms in total. The van der Waals surface area contributed by atoms with Gasteiger partial charge in [0, 0.05) is 32.2 Å². The van der Waals surface area contributed by atoms with Crippen molar-refractivity contribution in [3.8, 4) is 0 Å². The van der Waals surface area contributed by atoms with Crippen molar-refractivity contribution < 1.29 is 18.0 Å². The van der Waals surface area contributed by atoms with Gasteiger partial charge in [-0.3, -0.25) is 9.59 Å². The number of nitrogens with zero attached hydrogens (tertiary/aromatic N) is 3. The molecule has 0 saturated carbocycles. The van der Waals surface area contributed by atoms with Crippen LogP contribution in [0.3, 0.4) is 0 Å². The normalized spacial score (nSPS) is 12.3. The number of amides is 2. The molecule has 1 N–H and O–H groups in total. The van der Waals surface area contributed by atoms with E-state index < -0.39 is 28.7 Å². The fourth-order valence-electron chi connectivity index (χ4n) is 3.12. The molecule has 0 spiro atoms. The quantitative estimate of drug-likeness (QED) is 0.520. The Bertz CT molecular complexity index is 1050. The standard InChI is InChI=1S/C23H31ClN4O4S/c1-5-14-25-23(30)18(2)27(16-19-10-9-11-20(24)15-19)22(29)17-28(33(31,32)26(3)4)21-12-7-6-8-13-21/h6-13,15,18H,5,14,16-17H2,1-4H3,(H,25,30)/t18-/m1/s1. The second-order valence-electron chi connectivity index (χ2n) is 7.75. The fraction of sp³-hybridized carbons (Fsp3) is 0.391. The molecule has 0 aromatic heterocycles. The van der Waals surface area contributed by atoms with Crippen molar-refractivity contribution in [3.63, 3.8) is 0 Å². The number of halogens is 1. The van der Waals surface area contributed by atoms with Gasteiger partial charge in [-0.1, -0.05) is 48.9 Å². The lowest BCUT2D eigenvalue weighted by molar-refractivity contribution is -0.139. The molecule has 0 bridgehead atoms. The lowest BCUT2D eigenvalue weighted by Crippen LogP contribution is -2.52. The Morgan fingerprint density at radius 3 is 2.30 bits per heavy atom. The topological polar surface area (TPSA) is 90.0 Å². The molecule has 10 heteroatoms. The number of carbonyl (C=O) groups is 2. The number of hydrogen-bond donors (Lipinski definition) is 1. The first kappa shape index (κ1) is 26.6. The van der Waals surface area contributed by atoms with Crippen molar-refractivity contribution in [2.75, 3.05) is 31.5 Å². The number of para-hydroxylation sites is 1. The Labute approximate surface area is 201 Å². The molecular weight excluding hydrogens is 464 g/mol. The monoisotopic (exact) mass is 494 g/mol. The van der Waals surface area contributed by atoms with Crippen molar-refractivity contribution in [2.24, 2.45) is 0 Å². The van der Waals surface area contributed by atoms with Crippen LogP contribution in [0.5, 0.6) is 0 Å². The van der Waals surface area contributed by atoms with Crippen molar-refractivity contribution in [3.05, 3.63) is 65.2 Å². The first-order chi connectivity index (χ1) is 15.6. The molecule has 0 fully saturated rings. The minimum Gasteiger partial charge on any atom is -0.354 e. The van der Waals surface area contributed by atoms with Crippen LogP contribution in [0.4, 0.5) is 5.69 Å². The van der Waals surface area contributed by atoms with Crippen molar-refractivity contribution in [1.82, 2.24) is 14.5 Å². The largest absolute Gasteiger partial charge is 0.354 e. The molecule has 2 amide bonds. The summed E-state index contributed by atoms with van der Waals surface area (Å²) in [7, 11) is -1.16. The van der Waals surface area contributed by atoms with E-state index in [-0.39, 0.29) is 12.5 Å². The number of benzene rings is 2. The molecule has 0 unspecified atom stereocenters. The predicted molar refractivity (Wildman–Crippen MR) is 131 cm³/mol. The second-order valence-corrected chi connectivity index (χ2v) is 10.3. The first-order valence-corrected chi connectivity index (χ1v) is 12.4. The molecular formula is C23H31ClN4O4S. The van der Waals surface area contributed by atoms with Gasteiger partial charge in [0.05, 0.1) is 5.69 Å². The summed E-state index contributed by atoms with van der Waals surface area (Å²) in [6.45, 7) is 3.68. The maximum Gasteiger partial charge on any atom is 0.304 e. The van der Waals surface area contributed by atoms with Gasteiger partial charge < -0.3 is 10.2 Å². The highest BCUT2D eigenvalue weighted by Gasteiger charge is 2.32. The summed E-state index contributed by atoms with van der Waals surface area (Å²) in [5.41, 5.74) is 1.08. The van der Waals surface area contributed by atoms with Gasteiger partial charge in [-0.05, 0) is 43.2 Å². The van der Waals surface area contributed by atoms with E-state index in [0.717, 1.165) is 20.6 Å². The molecule has 1 atom stereocenters. The SMILES string of the molecule is CCCNC(=O)[C@@H](C)N(Cc1cccc(Cl)c1)C(=O)CN(c1ccccc1)S(=O)(=O)N(C)C. The molecule has 2 rings (SSSR count). The highest BCUT2D eigenvalue weighted by molar-refractivity contribution is 7.90. The number of nitrogens with one attached hydrogen (secondary N) is 1. The van der Waals surface area contributed by atoms with Crippen molar-refractivity contribution in [1.29, 1.82) is 0 Å². The molecule has 2 aromatic rings. The molecule has 0 radical (unpaired) electrons. The van der Waals surface area contributed by atoms with E-state index in [9.17, 15) is 18.0 Å². The highest BCUT2D eigenvalue weighted by Crippen LogP contribution is 2.21. The Morgan fingerprint density at radius 1 is 1.06 bits per heavy atom. The van der Waals surface area contributed by atoms with Crippen LogP contribution in [0, 0.1) is 0 Å². The van der Waals surface area contributed by atoms with E-state index in [1.54, 1.807) is 61.5 Å². The van der Waals surface area contributed by atoms with E-state index in [4.69, 9.17) is 11.6 Å². The number of rotatable bonds is 11. The number of hydrogen-bond acceptors (Lipinski definition) is 4. The van der Waals surface area contributed by atoms with E-state index in [1.807, 2.05) is 6.92 Å². The third-order valence-electron chi connectivity index (χ3n) is 5.02. The fourth-order valence-corrected chi connectivity index (χ4v) is 4.39. The Morgan fingerprint density at radius 2 is 1.73 bits per heavy atom. The van der Waals surface area contributed by atoms with Gasteiger partial charge in [0.15, 0.2) is 0 Å². The molecule has 180 valence electrons. The van der Waals surface area contributed by atoms with Crippen molar-refractivity contribution in [2.45, 2.75) is 32.9 Å². The lowest BCUT2D eigenvalue weighted by atomic mass is 10.1. The third kappa shape index (κ3) is 7.18. The molecule has 33 heavy (non-hydrogen) atoms. The van der Waals surface area contributed by atoms with Crippen LogP contribution in [0.2, 0.25) is 5.02 Å². The van der Waals surface area contributed by atoms with Gasteiger partial charge in [-0.15, -0.1) is 0 Å². The maximum absolute atomic E-state index is 13.5. The zero-order valence-electron chi connectivity index (χ0n) is 19.4. The Balaban J connectivity index is 2.40. The summed E-state index contributed by atoms with van der Waals surface area (Å²) in [5, 5.41) is 3.30. The first-order valence-electron chi connectivity index (χ1n) is 10.6. The van der Waals surface area contributed by atoms with Crippen LogP contribution in [-0.4, -0.2) is 62.7 Å². The van der Waals surface area contributed by atoms with Gasteiger partial charge in [0.2, 0.25) is 11.8 Å². The van der Waals surface area contributed by atoms with Crippen LogP contribution >= 0.6 is 11.6 Å². The second kappa shape index (κ2) is 12.0. The number of anilines is 1. The summed E-state index contributed by atoms with van der Waals surface area (Å²) in [5.74, 6) is -0.822. The smallest absolute Gasteiger partial charge is 0.304 e. The lowest BCUT2D eigenvalue weighted by Gasteiger charge is -2.32. The molecule has 2 aromatic carbocycles. The Kier molecular flexibility index (Phi) is 9.70.